The van der Waals surface area contributed by atoms with E-state index in [1.54, 1.807) is 0 Å². The molecular formula is C13H29N2O3P-2. The summed E-state index contributed by atoms with van der Waals surface area (Å²) >= 11 is 0. The molecule has 0 spiro atoms. The Hall–Kier alpha value is 0.230. The molecule has 0 saturated carbocycles. The zero-order valence-electron chi connectivity index (χ0n) is 13.5. The zero-order valence-corrected chi connectivity index (χ0v) is 14.3. The van der Waals surface area contributed by atoms with Crippen molar-refractivity contribution in [1.29, 1.82) is 0 Å². The summed E-state index contributed by atoms with van der Waals surface area (Å²) in [6.07, 6.45) is -0.555. The van der Waals surface area contributed by atoms with Gasteiger partial charge >= 0.3 is 0 Å². The van der Waals surface area contributed by atoms with Crippen molar-refractivity contribution in [2.45, 2.75) is 85.9 Å². The third-order valence-electron chi connectivity index (χ3n) is 3.08. The van der Waals surface area contributed by atoms with Gasteiger partial charge in [-0.2, -0.15) is 8.60 Å². The van der Waals surface area contributed by atoms with Crippen molar-refractivity contribution in [1.82, 2.24) is 9.80 Å². The molecule has 0 bridgehead atoms. The lowest BCUT2D eigenvalue weighted by atomic mass is 10.2. The van der Waals surface area contributed by atoms with Gasteiger partial charge in [0.05, 0.1) is 0 Å². The van der Waals surface area contributed by atoms with Crippen LogP contribution in [0.5, 0.6) is 0 Å². The Bertz CT molecular complexity index is 212. The molecule has 0 fully saturated rings. The van der Waals surface area contributed by atoms with E-state index in [0.29, 0.717) is 0 Å². The molecule has 0 aliphatic rings. The fourth-order valence-electron chi connectivity index (χ4n) is 2.55. The molecule has 0 saturated heterocycles. The Labute approximate surface area is 119 Å². The molecule has 0 radical (unpaired) electrons. The van der Waals surface area contributed by atoms with E-state index < -0.39 is 15.0 Å². The first-order valence-electron chi connectivity index (χ1n) is 6.95. The maximum atomic E-state index is 11.1. The van der Waals surface area contributed by atoms with Crippen LogP contribution in [0.25, 0.3) is 0 Å². The molecule has 0 atom stereocenters. The van der Waals surface area contributed by atoms with E-state index in [4.69, 9.17) is 4.52 Å². The Kier molecular flexibility index (Phi) is 8.60. The van der Waals surface area contributed by atoms with Crippen LogP contribution in [-0.4, -0.2) is 40.3 Å². The smallest absolute Gasteiger partial charge is 0.169 e. The minimum Gasteiger partial charge on any atom is -0.820 e. The molecular weight excluding hydrogens is 263 g/mol. The van der Waals surface area contributed by atoms with Gasteiger partial charge in [-0.1, -0.05) is 0 Å². The van der Waals surface area contributed by atoms with E-state index in [9.17, 15) is 9.79 Å². The minimum atomic E-state index is -2.89. The molecule has 0 unspecified atom stereocenters. The fraction of sp³-hybridized carbons (Fsp3) is 1.00. The second-order valence-electron chi connectivity index (χ2n) is 5.92. The van der Waals surface area contributed by atoms with Crippen molar-refractivity contribution < 1.29 is 14.3 Å². The SMILES string of the molecule is CC(C)N(C(C)C)C(OP([O-])[O-])N(C(C)C)C(C)C. The zero-order chi connectivity index (χ0) is 15.3. The Morgan fingerprint density at radius 2 is 0.947 bits per heavy atom. The summed E-state index contributed by atoms with van der Waals surface area (Å²) in [6.45, 7) is 16.4. The summed E-state index contributed by atoms with van der Waals surface area (Å²) in [6, 6.07) is 0.778. The molecule has 116 valence electrons. The molecule has 5 nitrogen and oxygen atoms in total. The number of rotatable bonds is 8. The molecule has 19 heavy (non-hydrogen) atoms. The van der Waals surface area contributed by atoms with Gasteiger partial charge in [0.15, 0.2) is 6.35 Å². The van der Waals surface area contributed by atoms with E-state index >= 15 is 0 Å². The standard InChI is InChI=1S/C13H29N2O3P/c1-9(2)14(10(3)4)13(18-19(16)17)15(11(5)6)12(7)8/h9-13H,1-8H3/q-2. The summed E-state index contributed by atoms with van der Waals surface area (Å²) in [4.78, 5) is 26.3. The van der Waals surface area contributed by atoms with Gasteiger partial charge in [-0.15, -0.1) is 0 Å². The monoisotopic (exact) mass is 292 g/mol. The van der Waals surface area contributed by atoms with E-state index in [-0.39, 0.29) is 24.2 Å². The lowest BCUT2D eigenvalue weighted by molar-refractivity contribution is -0.333. The molecule has 0 aliphatic heterocycles. The van der Waals surface area contributed by atoms with Gasteiger partial charge in [0.25, 0.3) is 0 Å². The van der Waals surface area contributed by atoms with Crippen LogP contribution >= 0.6 is 8.60 Å². The molecule has 0 N–H and O–H groups in total. The van der Waals surface area contributed by atoms with E-state index in [1.165, 1.54) is 0 Å². The van der Waals surface area contributed by atoms with Crippen molar-refractivity contribution in [3.8, 4) is 0 Å². The summed E-state index contributed by atoms with van der Waals surface area (Å²) in [5, 5.41) is 0. The first-order valence-corrected chi connectivity index (χ1v) is 8.05. The molecule has 0 aliphatic carbocycles. The van der Waals surface area contributed by atoms with E-state index in [0.717, 1.165) is 0 Å². The van der Waals surface area contributed by atoms with Gasteiger partial charge < -0.3 is 14.3 Å². The molecule has 0 rings (SSSR count). The Balaban J connectivity index is 5.36. The summed E-state index contributed by atoms with van der Waals surface area (Å²) in [5.74, 6) is 0. The highest BCUT2D eigenvalue weighted by molar-refractivity contribution is 7.36. The summed E-state index contributed by atoms with van der Waals surface area (Å²) in [5.41, 5.74) is 0. The van der Waals surface area contributed by atoms with Crippen LogP contribution in [0.2, 0.25) is 0 Å². The van der Waals surface area contributed by atoms with Crippen LogP contribution in [0.3, 0.4) is 0 Å². The van der Waals surface area contributed by atoms with Crippen molar-refractivity contribution in [3.05, 3.63) is 0 Å². The van der Waals surface area contributed by atoms with Gasteiger partial charge in [-0.25, -0.2) is 0 Å². The maximum Gasteiger partial charge on any atom is 0.169 e. The number of nitrogens with zero attached hydrogens (tertiary/aromatic N) is 2. The molecule has 0 aromatic carbocycles. The Morgan fingerprint density at radius 1 is 0.684 bits per heavy atom. The third-order valence-corrected chi connectivity index (χ3v) is 3.44. The van der Waals surface area contributed by atoms with Crippen molar-refractivity contribution in [2.75, 3.05) is 0 Å². The average molecular weight is 292 g/mol. The number of hydrogen-bond donors (Lipinski definition) is 0. The van der Waals surface area contributed by atoms with Crippen LogP contribution in [0.4, 0.5) is 0 Å². The van der Waals surface area contributed by atoms with Gasteiger partial charge in [-0.05, 0) is 55.4 Å². The highest BCUT2D eigenvalue weighted by atomic mass is 31.2. The minimum absolute atomic E-state index is 0.194. The lowest BCUT2D eigenvalue weighted by Crippen LogP contribution is -2.59. The first kappa shape index (κ1) is 19.2. The van der Waals surface area contributed by atoms with Crippen molar-refractivity contribution >= 4 is 8.60 Å². The second-order valence-corrected chi connectivity index (χ2v) is 6.58. The average Bonchev–Trinajstić information content (AvgIpc) is 2.12. The van der Waals surface area contributed by atoms with Crippen LogP contribution in [0, 0.1) is 0 Å². The van der Waals surface area contributed by atoms with Crippen LogP contribution in [-0.2, 0) is 4.52 Å². The molecule has 6 heteroatoms. The van der Waals surface area contributed by atoms with E-state index in [2.05, 4.69) is 9.80 Å². The van der Waals surface area contributed by atoms with Gasteiger partial charge in [0, 0.05) is 24.2 Å². The highest BCUT2D eigenvalue weighted by Crippen LogP contribution is 2.27. The predicted molar refractivity (Wildman–Crippen MR) is 76.0 cm³/mol. The van der Waals surface area contributed by atoms with Crippen LogP contribution in [0.15, 0.2) is 0 Å². The maximum absolute atomic E-state index is 11.1. The fourth-order valence-corrected chi connectivity index (χ4v) is 2.92. The summed E-state index contributed by atoms with van der Waals surface area (Å²) < 4.78 is 5.23. The highest BCUT2D eigenvalue weighted by Gasteiger charge is 2.32. The first-order chi connectivity index (χ1) is 8.59. The van der Waals surface area contributed by atoms with Gasteiger partial charge in [0.2, 0.25) is 0 Å². The topological polar surface area (TPSA) is 61.8 Å². The molecule has 0 heterocycles. The molecule has 0 aromatic rings. The lowest BCUT2D eigenvalue weighted by Gasteiger charge is -2.50. The van der Waals surface area contributed by atoms with E-state index in [1.807, 2.05) is 55.4 Å². The third kappa shape index (κ3) is 6.03. The Morgan fingerprint density at radius 3 is 1.11 bits per heavy atom. The van der Waals surface area contributed by atoms with Crippen molar-refractivity contribution in [2.24, 2.45) is 0 Å². The largest absolute Gasteiger partial charge is 0.820 e. The predicted octanol–water partition coefficient (Wildman–Crippen LogP) is 1.47. The molecule has 0 amide bonds. The van der Waals surface area contributed by atoms with Gasteiger partial charge in [-0.3, -0.25) is 9.80 Å². The second kappa shape index (κ2) is 8.50. The van der Waals surface area contributed by atoms with Crippen LogP contribution < -0.4 is 9.79 Å². The van der Waals surface area contributed by atoms with Crippen molar-refractivity contribution in [3.63, 3.8) is 0 Å². The van der Waals surface area contributed by atoms with Crippen LogP contribution in [0.1, 0.15) is 55.4 Å². The quantitative estimate of drug-likeness (QED) is 0.501. The molecule has 0 aromatic heterocycles. The number of hydrogen-bond acceptors (Lipinski definition) is 5. The normalized spacial score (nSPS) is 13.6. The van der Waals surface area contributed by atoms with Gasteiger partial charge in [0.1, 0.15) is 0 Å². The summed E-state index contributed by atoms with van der Waals surface area (Å²) in [7, 11) is -2.89.